The predicted octanol–water partition coefficient (Wildman–Crippen LogP) is 2.66. The van der Waals surface area contributed by atoms with E-state index in [1.54, 1.807) is 7.11 Å². The highest BCUT2D eigenvalue weighted by Gasteiger charge is 2.26. The molecule has 0 spiro atoms. The molecule has 4 nitrogen and oxygen atoms in total. The van der Waals surface area contributed by atoms with Crippen LogP contribution in [0.5, 0.6) is 5.75 Å². The minimum Gasteiger partial charge on any atom is -0.496 e. The van der Waals surface area contributed by atoms with Crippen molar-refractivity contribution in [3.05, 3.63) is 28.2 Å². The van der Waals surface area contributed by atoms with Crippen LogP contribution < -0.4 is 10.5 Å². The van der Waals surface area contributed by atoms with Crippen molar-refractivity contribution in [2.75, 3.05) is 20.2 Å². The van der Waals surface area contributed by atoms with Crippen LogP contribution in [0.15, 0.2) is 22.7 Å². The molecule has 20 heavy (non-hydrogen) atoms. The van der Waals surface area contributed by atoms with E-state index in [0.29, 0.717) is 17.2 Å². The fraction of sp³-hybridized carbons (Fsp3) is 0.533. The van der Waals surface area contributed by atoms with Crippen LogP contribution >= 0.6 is 15.9 Å². The molecule has 2 rings (SSSR count). The summed E-state index contributed by atoms with van der Waals surface area (Å²) in [5.74, 6) is 1.17. The van der Waals surface area contributed by atoms with Crippen LogP contribution in [-0.4, -0.2) is 37.0 Å². The minimum absolute atomic E-state index is 0.0393. The number of nitrogens with two attached hydrogens (primary N) is 1. The van der Waals surface area contributed by atoms with Gasteiger partial charge in [-0.3, -0.25) is 4.79 Å². The molecule has 1 saturated heterocycles. The van der Waals surface area contributed by atoms with E-state index in [0.717, 1.165) is 30.4 Å². The highest BCUT2D eigenvalue weighted by molar-refractivity contribution is 9.10. The van der Waals surface area contributed by atoms with Crippen molar-refractivity contribution in [1.29, 1.82) is 0 Å². The topological polar surface area (TPSA) is 55.6 Å². The Balaban J connectivity index is 2.09. The van der Waals surface area contributed by atoms with Gasteiger partial charge in [-0.05, 0) is 43.9 Å². The first-order chi connectivity index (χ1) is 9.52. The standard InChI is InChI=1S/C15H21BrN2O2/c1-10(17)11-5-7-18(8-6-11)15(19)13-4-3-12(16)9-14(13)20-2/h3-4,9-11H,5-8,17H2,1-2H3. The van der Waals surface area contributed by atoms with Crippen molar-refractivity contribution in [1.82, 2.24) is 4.90 Å². The van der Waals surface area contributed by atoms with Crippen molar-refractivity contribution in [2.24, 2.45) is 11.7 Å². The van der Waals surface area contributed by atoms with E-state index in [1.165, 1.54) is 0 Å². The number of methoxy groups -OCH3 is 1. The first kappa shape index (κ1) is 15.3. The van der Waals surface area contributed by atoms with Gasteiger partial charge in [0.05, 0.1) is 12.7 Å². The number of likely N-dealkylation sites (tertiary alicyclic amines) is 1. The van der Waals surface area contributed by atoms with E-state index in [2.05, 4.69) is 15.9 Å². The molecule has 5 heteroatoms. The molecule has 0 saturated carbocycles. The average Bonchev–Trinajstić information content (AvgIpc) is 2.46. The molecular formula is C15H21BrN2O2. The Hall–Kier alpha value is -1.07. The minimum atomic E-state index is 0.0393. The maximum atomic E-state index is 12.6. The summed E-state index contributed by atoms with van der Waals surface area (Å²) >= 11 is 3.39. The molecule has 0 bridgehead atoms. The van der Waals surface area contributed by atoms with Gasteiger partial charge in [0.25, 0.3) is 5.91 Å². The number of hydrogen-bond acceptors (Lipinski definition) is 3. The Bertz CT molecular complexity index is 483. The summed E-state index contributed by atoms with van der Waals surface area (Å²) in [5.41, 5.74) is 6.55. The lowest BCUT2D eigenvalue weighted by Crippen LogP contribution is -2.42. The van der Waals surface area contributed by atoms with Crippen LogP contribution in [-0.2, 0) is 0 Å². The maximum absolute atomic E-state index is 12.6. The Morgan fingerprint density at radius 3 is 2.65 bits per heavy atom. The Morgan fingerprint density at radius 1 is 1.45 bits per heavy atom. The number of halogens is 1. The Morgan fingerprint density at radius 2 is 2.10 bits per heavy atom. The second-order valence-electron chi connectivity index (χ2n) is 5.33. The molecule has 0 radical (unpaired) electrons. The third-order valence-corrected chi connectivity index (χ3v) is 4.46. The molecule has 1 heterocycles. The van der Waals surface area contributed by atoms with Crippen LogP contribution in [0.1, 0.15) is 30.1 Å². The van der Waals surface area contributed by atoms with Crippen molar-refractivity contribution >= 4 is 21.8 Å². The Kier molecular flexibility index (Phi) is 5.05. The number of nitrogens with zero attached hydrogens (tertiary/aromatic N) is 1. The number of amides is 1. The Labute approximate surface area is 128 Å². The van der Waals surface area contributed by atoms with Crippen LogP contribution in [0.3, 0.4) is 0 Å². The molecule has 1 aliphatic rings. The van der Waals surface area contributed by atoms with Crippen molar-refractivity contribution in [2.45, 2.75) is 25.8 Å². The zero-order valence-electron chi connectivity index (χ0n) is 11.9. The molecule has 0 aromatic heterocycles. The molecule has 110 valence electrons. The van der Waals surface area contributed by atoms with Gasteiger partial charge in [0.15, 0.2) is 0 Å². The van der Waals surface area contributed by atoms with Crippen molar-refractivity contribution in [3.8, 4) is 5.75 Å². The summed E-state index contributed by atoms with van der Waals surface area (Å²) in [6, 6.07) is 5.70. The highest BCUT2D eigenvalue weighted by atomic mass is 79.9. The summed E-state index contributed by atoms with van der Waals surface area (Å²) in [6.07, 6.45) is 1.95. The molecule has 1 aliphatic heterocycles. The van der Waals surface area contributed by atoms with E-state index in [1.807, 2.05) is 30.0 Å². The summed E-state index contributed by atoms with van der Waals surface area (Å²) in [7, 11) is 1.58. The highest BCUT2D eigenvalue weighted by Crippen LogP contribution is 2.27. The van der Waals surface area contributed by atoms with E-state index in [-0.39, 0.29) is 11.9 Å². The third-order valence-electron chi connectivity index (χ3n) is 3.96. The van der Waals surface area contributed by atoms with E-state index < -0.39 is 0 Å². The SMILES string of the molecule is COc1cc(Br)ccc1C(=O)N1CCC(C(C)N)CC1. The normalized spacial score (nSPS) is 17.9. The van der Waals surface area contributed by atoms with Crippen molar-refractivity contribution in [3.63, 3.8) is 0 Å². The maximum Gasteiger partial charge on any atom is 0.257 e. The molecule has 0 aliphatic carbocycles. The molecule has 1 amide bonds. The lowest BCUT2D eigenvalue weighted by molar-refractivity contribution is 0.0677. The quantitative estimate of drug-likeness (QED) is 0.920. The fourth-order valence-corrected chi connectivity index (χ4v) is 2.98. The zero-order chi connectivity index (χ0) is 14.7. The van der Waals surface area contributed by atoms with E-state index in [9.17, 15) is 4.79 Å². The molecule has 1 unspecified atom stereocenters. The fourth-order valence-electron chi connectivity index (χ4n) is 2.64. The summed E-state index contributed by atoms with van der Waals surface area (Å²) in [5, 5.41) is 0. The molecule has 1 atom stereocenters. The van der Waals surface area contributed by atoms with Gasteiger partial charge in [0.2, 0.25) is 0 Å². The summed E-state index contributed by atoms with van der Waals surface area (Å²) in [4.78, 5) is 14.5. The summed E-state index contributed by atoms with van der Waals surface area (Å²) in [6.45, 7) is 3.58. The van der Waals surface area contributed by atoms with Crippen molar-refractivity contribution < 1.29 is 9.53 Å². The number of piperidine rings is 1. The second-order valence-corrected chi connectivity index (χ2v) is 6.25. The molecular weight excluding hydrogens is 320 g/mol. The molecule has 1 aromatic rings. The largest absolute Gasteiger partial charge is 0.496 e. The molecule has 1 fully saturated rings. The lowest BCUT2D eigenvalue weighted by Gasteiger charge is -2.34. The van der Waals surface area contributed by atoms with Gasteiger partial charge in [-0.2, -0.15) is 0 Å². The number of hydrogen-bond donors (Lipinski definition) is 1. The van der Waals surface area contributed by atoms with Gasteiger partial charge in [-0.1, -0.05) is 15.9 Å². The number of carbonyl (C=O) groups is 1. The second kappa shape index (κ2) is 6.59. The number of ether oxygens (including phenoxy) is 1. The lowest BCUT2D eigenvalue weighted by atomic mass is 9.90. The first-order valence-corrected chi connectivity index (χ1v) is 7.70. The third kappa shape index (κ3) is 3.33. The number of benzene rings is 1. The van der Waals surface area contributed by atoms with E-state index >= 15 is 0 Å². The first-order valence-electron chi connectivity index (χ1n) is 6.91. The number of rotatable bonds is 3. The molecule has 2 N–H and O–H groups in total. The van der Waals surface area contributed by atoms with Crippen LogP contribution in [0.25, 0.3) is 0 Å². The zero-order valence-corrected chi connectivity index (χ0v) is 13.5. The van der Waals surface area contributed by atoms with E-state index in [4.69, 9.17) is 10.5 Å². The van der Waals surface area contributed by atoms with Gasteiger partial charge in [-0.25, -0.2) is 0 Å². The van der Waals surface area contributed by atoms with Crippen LogP contribution in [0.4, 0.5) is 0 Å². The van der Waals surface area contributed by atoms with Gasteiger partial charge < -0.3 is 15.4 Å². The number of carbonyl (C=O) groups excluding carboxylic acids is 1. The van der Waals surface area contributed by atoms with Gasteiger partial charge >= 0.3 is 0 Å². The van der Waals surface area contributed by atoms with Gasteiger partial charge in [-0.15, -0.1) is 0 Å². The van der Waals surface area contributed by atoms with Gasteiger partial charge in [0, 0.05) is 23.6 Å². The summed E-state index contributed by atoms with van der Waals surface area (Å²) < 4.78 is 6.20. The van der Waals surface area contributed by atoms with Crippen LogP contribution in [0.2, 0.25) is 0 Å². The van der Waals surface area contributed by atoms with Gasteiger partial charge in [0.1, 0.15) is 5.75 Å². The smallest absolute Gasteiger partial charge is 0.257 e. The predicted molar refractivity (Wildman–Crippen MR) is 83.0 cm³/mol. The average molecular weight is 341 g/mol. The monoisotopic (exact) mass is 340 g/mol. The molecule has 1 aromatic carbocycles. The van der Waals surface area contributed by atoms with Crippen LogP contribution in [0, 0.1) is 5.92 Å².